The summed E-state index contributed by atoms with van der Waals surface area (Å²) in [5.41, 5.74) is 33.3. The third-order valence-corrected chi connectivity index (χ3v) is 35.2. The second-order valence-electron chi connectivity index (χ2n) is 45.8. The third-order valence-electron chi connectivity index (χ3n) is 34.2. The second-order valence-corrected chi connectivity index (χ2v) is 47.7. The van der Waals surface area contributed by atoms with Crippen molar-refractivity contribution in [3.63, 3.8) is 0 Å². The molecule has 6 nitrogen and oxygen atoms in total. The Morgan fingerprint density at radius 2 is 0.537 bits per heavy atom. The van der Waals surface area contributed by atoms with E-state index in [1.165, 1.54) is 181 Å². The van der Waals surface area contributed by atoms with Gasteiger partial charge in [-0.3, -0.25) is 0 Å². The molecule has 2 heterocycles. The molecule has 4 unspecified atom stereocenters. The molecule has 2 spiro atoms. The summed E-state index contributed by atoms with van der Waals surface area (Å²) in [5, 5.41) is 0. The molecule has 10 heteroatoms. The van der Waals surface area contributed by atoms with Gasteiger partial charge in [0.25, 0.3) is 0 Å². The first-order chi connectivity index (χ1) is 64.7. The van der Waals surface area contributed by atoms with Gasteiger partial charge in [-0.1, -0.05) is 376 Å². The number of nitrogens with zero attached hydrogens (tertiary/aromatic N) is 2. The zero-order valence-electron chi connectivity index (χ0n) is 86.3. The summed E-state index contributed by atoms with van der Waals surface area (Å²) in [6.45, 7) is 55.6. The van der Waals surface area contributed by atoms with Gasteiger partial charge in [0, 0.05) is 42.8 Å². The molecular formula is C126H150B2Br2N2O4. The standard InChI is InChI=1S/C69H87B2NO4.C57H63Br2N/c1-17-67(15,40-24-26-46(3)4)48-36-38-54-55-39-37-49(68(16,18-2)41-25-27-47(5)6)43-60(55)69(59(54)42-48)57-33-20-19-32-56(57)62-58(69)34-23-35-61(62)72(52-30-21-28-50(44-52)70-73-63(7,8)64(9,10)74-70)53-31-22-29-51(45-53)71-75-65(11,12)66(13,14)76-71;1-9-55(7,32-16-18-38(3)4)40-28-30-46-47-31-29-41(56(8,10-2)33-17-19-39(5)6)35-52(47)57(51(46)34-40)49-25-12-11-24-48(49)54-50(57)26-15-27-53(54)60(44-22-13-20-42(58)36-44)45-23-14-21-43(59)37-45/h19-23,28-39,42-47H,17-18,24-27,40-41H2,1-16H3;11-15,20-31,34-39H,9-10,16-19,32-33H2,1-8H3. The average molecular weight is 1940 g/mol. The van der Waals surface area contributed by atoms with E-state index in [9.17, 15) is 0 Å². The van der Waals surface area contributed by atoms with Crippen LogP contribution in [0.2, 0.25) is 0 Å². The lowest BCUT2D eigenvalue weighted by Crippen LogP contribution is -2.41. The Balaban J connectivity index is 0.000000194. The molecule has 0 N–H and O–H groups in total. The summed E-state index contributed by atoms with van der Waals surface area (Å²) in [5.74, 6) is 2.80. The number of benzene rings is 12. The lowest BCUT2D eigenvalue weighted by atomic mass is 9.67. The maximum Gasteiger partial charge on any atom is 0.494 e. The largest absolute Gasteiger partial charge is 0.494 e. The summed E-state index contributed by atoms with van der Waals surface area (Å²) < 4.78 is 29.1. The molecule has 6 aliphatic rings. The smallest absolute Gasteiger partial charge is 0.399 e. The molecule has 4 atom stereocenters. The van der Waals surface area contributed by atoms with Crippen LogP contribution in [-0.4, -0.2) is 36.6 Å². The molecule has 12 aromatic rings. The fourth-order valence-electron chi connectivity index (χ4n) is 23.7. The molecule has 12 aromatic carbocycles. The first kappa shape index (κ1) is 98.8. The van der Waals surface area contributed by atoms with Crippen molar-refractivity contribution in [2.45, 2.75) is 324 Å². The minimum absolute atomic E-state index is 0.0340. The van der Waals surface area contributed by atoms with E-state index in [2.05, 4.69) is 463 Å². The SMILES string of the molecule is CCC(C)(CCCC(C)C)c1ccc2c(c1)C1(c3cc(C(C)(CC)CCCC(C)C)ccc3-2)c2ccccc2-c2c(N(c3cccc(B4OC(C)(C)C(C)(C)O4)c3)c3cccc(B4OC(C)(C)C(C)(C)O4)c3)cccc21.CCC(C)(CCCC(C)C)c1ccc2c(c1)C1(c3cc(C(C)(CC)CCCC(C)C)ccc3-2)c2ccccc2-c2c(N(c3cccc(Br)c3)c3cccc(Br)c3)cccc21. The van der Waals surface area contributed by atoms with Crippen molar-refractivity contribution in [3.05, 3.63) is 330 Å². The van der Waals surface area contributed by atoms with E-state index >= 15 is 0 Å². The van der Waals surface area contributed by atoms with Crippen LogP contribution in [0, 0.1) is 23.7 Å². The van der Waals surface area contributed by atoms with Gasteiger partial charge in [-0.25, -0.2) is 0 Å². The van der Waals surface area contributed by atoms with Crippen molar-refractivity contribution < 1.29 is 18.6 Å². The fraction of sp³-hybridized carbons (Fsp3) is 0.429. The number of fused-ring (bicyclic) bond motifs is 20. The summed E-state index contributed by atoms with van der Waals surface area (Å²) in [4.78, 5) is 4.92. The Labute approximate surface area is 835 Å². The van der Waals surface area contributed by atoms with Crippen LogP contribution in [0.5, 0.6) is 0 Å². The number of halogens is 2. The Morgan fingerprint density at radius 3 is 0.809 bits per heavy atom. The maximum absolute atomic E-state index is 6.75. The molecule has 0 radical (unpaired) electrons. The highest BCUT2D eigenvalue weighted by Crippen LogP contribution is 2.69. The summed E-state index contributed by atoms with van der Waals surface area (Å²) in [6.07, 6.45) is 19.1. The molecule has 708 valence electrons. The van der Waals surface area contributed by atoms with Crippen LogP contribution in [-0.2, 0) is 51.1 Å². The van der Waals surface area contributed by atoms with Crippen molar-refractivity contribution >= 4 is 91.1 Å². The molecular weight excluding hydrogens is 1790 g/mol. The van der Waals surface area contributed by atoms with E-state index < -0.39 is 47.5 Å². The van der Waals surface area contributed by atoms with Crippen molar-refractivity contribution in [2.75, 3.05) is 9.80 Å². The number of rotatable bonds is 32. The van der Waals surface area contributed by atoms with Crippen LogP contribution in [0.15, 0.2) is 264 Å². The Hall–Kier alpha value is -8.83. The van der Waals surface area contributed by atoms with Gasteiger partial charge in [-0.05, 0) is 336 Å². The van der Waals surface area contributed by atoms with Crippen LogP contribution in [0.1, 0.15) is 336 Å². The molecule has 136 heavy (non-hydrogen) atoms. The summed E-state index contributed by atoms with van der Waals surface area (Å²) >= 11 is 7.66. The number of hydrogen-bond donors (Lipinski definition) is 0. The van der Waals surface area contributed by atoms with Gasteiger partial charge in [0.05, 0.1) is 44.6 Å². The Morgan fingerprint density at radius 1 is 0.279 bits per heavy atom. The molecule has 2 fully saturated rings. The molecule has 0 amide bonds. The lowest BCUT2D eigenvalue weighted by Gasteiger charge is -2.35. The molecule has 2 aliphatic heterocycles. The molecule has 0 aromatic heterocycles. The van der Waals surface area contributed by atoms with E-state index in [4.69, 9.17) is 18.6 Å². The Kier molecular flexibility index (Phi) is 27.8. The third kappa shape index (κ3) is 17.6. The van der Waals surface area contributed by atoms with Crippen molar-refractivity contribution in [1.82, 2.24) is 0 Å². The van der Waals surface area contributed by atoms with E-state index in [0.29, 0.717) is 23.7 Å². The lowest BCUT2D eigenvalue weighted by molar-refractivity contribution is 0.00578. The zero-order chi connectivity index (χ0) is 96.8. The van der Waals surface area contributed by atoms with Gasteiger partial charge >= 0.3 is 14.2 Å². The fourth-order valence-corrected chi connectivity index (χ4v) is 24.4. The Bertz CT molecular complexity index is 6100. The second kappa shape index (κ2) is 38.3. The van der Waals surface area contributed by atoms with E-state index in [1.54, 1.807) is 0 Å². The summed E-state index contributed by atoms with van der Waals surface area (Å²) in [6, 6.07) is 98.6. The topological polar surface area (TPSA) is 43.4 Å². The number of hydrogen-bond acceptors (Lipinski definition) is 6. The average Bonchev–Trinajstić information content (AvgIpc) is 1.50. The van der Waals surface area contributed by atoms with E-state index in [1.807, 2.05) is 0 Å². The van der Waals surface area contributed by atoms with Crippen molar-refractivity contribution in [3.8, 4) is 44.5 Å². The normalized spacial score (nSPS) is 19.2. The monoisotopic (exact) mass is 1940 g/mol. The van der Waals surface area contributed by atoms with Gasteiger partial charge in [0.2, 0.25) is 0 Å². The minimum atomic E-state index is -0.571. The van der Waals surface area contributed by atoms with Crippen LogP contribution in [0.3, 0.4) is 0 Å². The van der Waals surface area contributed by atoms with Gasteiger partial charge in [-0.2, -0.15) is 0 Å². The maximum atomic E-state index is 6.75. The highest BCUT2D eigenvalue weighted by Gasteiger charge is 2.58. The van der Waals surface area contributed by atoms with Gasteiger partial charge < -0.3 is 28.4 Å². The molecule has 0 saturated carbocycles. The van der Waals surface area contributed by atoms with Crippen LogP contribution in [0.4, 0.5) is 34.1 Å². The predicted octanol–water partition coefficient (Wildman–Crippen LogP) is 35.1. The van der Waals surface area contributed by atoms with Crippen LogP contribution >= 0.6 is 31.9 Å². The minimum Gasteiger partial charge on any atom is -0.399 e. The van der Waals surface area contributed by atoms with Gasteiger partial charge in [0.15, 0.2) is 0 Å². The van der Waals surface area contributed by atoms with Crippen LogP contribution < -0.4 is 20.7 Å². The molecule has 4 aliphatic carbocycles. The quantitative estimate of drug-likeness (QED) is 0.0392. The molecule has 2 saturated heterocycles. The molecule has 0 bridgehead atoms. The van der Waals surface area contributed by atoms with E-state index in [-0.39, 0.29) is 21.7 Å². The van der Waals surface area contributed by atoms with Crippen molar-refractivity contribution in [1.29, 1.82) is 0 Å². The number of anilines is 6. The first-order valence-electron chi connectivity index (χ1n) is 51.8. The van der Waals surface area contributed by atoms with Crippen molar-refractivity contribution in [2.24, 2.45) is 23.7 Å². The summed E-state index contributed by atoms with van der Waals surface area (Å²) in [7, 11) is -1.05. The molecule has 18 rings (SSSR count). The van der Waals surface area contributed by atoms with Crippen LogP contribution in [0.25, 0.3) is 44.5 Å². The van der Waals surface area contributed by atoms with Gasteiger partial charge in [-0.15, -0.1) is 0 Å². The predicted molar refractivity (Wildman–Crippen MR) is 587 cm³/mol. The van der Waals surface area contributed by atoms with Gasteiger partial charge in [0.1, 0.15) is 0 Å². The highest BCUT2D eigenvalue weighted by molar-refractivity contribution is 9.10. The highest BCUT2D eigenvalue weighted by atomic mass is 79.9. The zero-order valence-corrected chi connectivity index (χ0v) is 89.5. The first-order valence-corrected chi connectivity index (χ1v) is 53.4. The van der Waals surface area contributed by atoms with E-state index in [0.717, 1.165) is 86.8 Å².